The van der Waals surface area contributed by atoms with E-state index in [1.165, 1.54) is 0 Å². The third-order valence-corrected chi connectivity index (χ3v) is 3.83. The Bertz CT molecular complexity index is 791. The number of benzene rings is 1. The van der Waals surface area contributed by atoms with E-state index in [1.54, 1.807) is 0 Å². The van der Waals surface area contributed by atoms with E-state index in [4.69, 9.17) is 5.11 Å². The molecule has 0 amide bonds. The highest BCUT2D eigenvalue weighted by molar-refractivity contribution is 7.92. The molecule has 0 saturated heterocycles. The molecule has 0 unspecified atom stereocenters. The first kappa shape index (κ1) is 14.9. The van der Waals surface area contributed by atoms with Crippen LogP contribution in [0.1, 0.15) is 10.5 Å². The average molecular weight is 314 g/mol. The van der Waals surface area contributed by atoms with Crippen molar-refractivity contribution in [3.05, 3.63) is 53.9 Å². The smallest absolute Gasteiger partial charge is 0.354 e. The van der Waals surface area contributed by atoms with E-state index in [1.807, 2.05) is 4.72 Å². The molecule has 0 saturated carbocycles. The van der Waals surface area contributed by atoms with Crippen molar-refractivity contribution in [3.8, 4) is 0 Å². The largest absolute Gasteiger partial charge is 0.477 e. The van der Waals surface area contributed by atoms with Gasteiger partial charge in [0.1, 0.15) is 22.2 Å². The first-order valence-electron chi connectivity index (χ1n) is 5.47. The molecule has 6 nitrogen and oxygen atoms in total. The number of pyridine rings is 1. The van der Waals surface area contributed by atoms with E-state index in [0.29, 0.717) is 6.07 Å². The summed E-state index contributed by atoms with van der Waals surface area (Å²) in [6, 6.07) is 4.28. The predicted molar refractivity (Wildman–Crippen MR) is 68.4 cm³/mol. The molecule has 21 heavy (non-hydrogen) atoms. The SMILES string of the molecule is O=C(O)c1ccc(NS(=O)(=O)c2ccc(F)cc2F)cn1. The first-order chi connectivity index (χ1) is 9.79. The van der Waals surface area contributed by atoms with Gasteiger partial charge in [-0.3, -0.25) is 4.72 Å². The molecule has 0 fully saturated rings. The van der Waals surface area contributed by atoms with Gasteiger partial charge in [-0.2, -0.15) is 0 Å². The van der Waals surface area contributed by atoms with Gasteiger partial charge >= 0.3 is 5.97 Å². The Kier molecular flexibility index (Phi) is 3.85. The zero-order chi connectivity index (χ0) is 15.6. The van der Waals surface area contributed by atoms with Crippen LogP contribution >= 0.6 is 0 Å². The number of anilines is 1. The second-order valence-corrected chi connectivity index (χ2v) is 5.57. The number of carbonyl (C=O) groups is 1. The average Bonchev–Trinajstić information content (AvgIpc) is 2.38. The summed E-state index contributed by atoms with van der Waals surface area (Å²) in [7, 11) is -4.27. The van der Waals surface area contributed by atoms with Crippen LogP contribution in [0.25, 0.3) is 0 Å². The number of nitrogens with one attached hydrogen (secondary N) is 1. The number of halogens is 2. The van der Waals surface area contributed by atoms with Crippen LogP contribution in [0, 0.1) is 11.6 Å². The minimum absolute atomic E-state index is 0.0521. The lowest BCUT2D eigenvalue weighted by Crippen LogP contribution is -2.15. The molecule has 0 atom stereocenters. The summed E-state index contributed by atoms with van der Waals surface area (Å²) < 4.78 is 52.1. The molecule has 1 aromatic heterocycles. The third kappa shape index (κ3) is 3.31. The Labute approximate surface area is 118 Å². The normalized spacial score (nSPS) is 11.1. The number of sulfonamides is 1. The van der Waals surface area contributed by atoms with Gasteiger partial charge in [-0.05, 0) is 24.3 Å². The highest BCUT2D eigenvalue weighted by Crippen LogP contribution is 2.19. The van der Waals surface area contributed by atoms with E-state index in [0.717, 1.165) is 30.5 Å². The van der Waals surface area contributed by atoms with Crippen molar-refractivity contribution in [1.82, 2.24) is 4.98 Å². The maximum absolute atomic E-state index is 13.5. The van der Waals surface area contributed by atoms with Gasteiger partial charge in [-0.1, -0.05) is 0 Å². The van der Waals surface area contributed by atoms with Crippen LogP contribution in [0.4, 0.5) is 14.5 Å². The zero-order valence-electron chi connectivity index (χ0n) is 10.2. The monoisotopic (exact) mass is 314 g/mol. The van der Waals surface area contributed by atoms with Gasteiger partial charge in [0.05, 0.1) is 11.9 Å². The fraction of sp³-hybridized carbons (Fsp3) is 0. The maximum atomic E-state index is 13.5. The molecule has 0 radical (unpaired) electrons. The minimum Gasteiger partial charge on any atom is -0.477 e. The quantitative estimate of drug-likeness (QED) is 0.898. The molecule has 0 bridgehead atoms. The zero-order valence-corrected chi connectivity index (χ0v) is 11.1. The summed E-state index contributed by atoms with van der Waals surface area (Å²) in [5.74, 6) is -3.41. The molecule has 2 rings (SSSR count). The Hall–Kier alpha value is -2.55. The van der Waals surface area contributed by atoms with Gasteiger partial charge in [0.25, 0.3) is 10.0 Å². The lowest BCUT2D eigenvalue weighted by molar-refractivity contribution is 0.0690. The molecule has 2 aromatic rings. The molecule has 9 heteroatoms. The maximum Gasteiger partial charge on any atom is 0.354 e. The van der Waals surface area contributed by atoms with Gasteiger partial charge in [0, 0.05) is 6.07 Å². The van der Waals surface area contributed by atoms with Crippen molar-refractivity contribution in [3.63, 3.8) is 0 Å². The Morgan fingerprint density at radius 3 is 2.43 bits per heavy atom. The Morgan fingerprint density at radius 2 is 1.90 bits per heavy atom. The van der Waals surface area contributed by atoms with Crippen molar-refractivity contribution < 1.29 is 27.1 Å². The van der Waals surface area contributed by atoms with Crippen LogP contribution < -0.4 is 4.72 Å². The van der Waals surface area contributed by atoms with Gasteiger partial charge < -0.3 is 5.11 Å². The topological polar surface area (TPSA) is 96.4 Å². The van der Waals surface area contributed by atoms with E-state index < -0.39 is 32.5 Å². The van der Waals surface area contributed by atoms with Crippen molar-refractivity contribution >= 4 is 21.7 Å². The van der Waals surface area contributed by atoms with Crippen LogP contribution in [-0.4, -0.2) is 24.5 Å². The summed E-state index contributed by atoms with van der Waals surface area (Å²) in [6.45, 7) is 0. The number of aromatic nitrogens is 1. The lowest BCUT2D eigenvalue weighted by atomic mass is 10.3. The molecular formula is C12H8F2N2O4S. The second-order valence-electron chi connectivity index (χ2n) is 3.92. The fourth-order valence-corrected chi connectivity index (χ4v) is 2.59. The van der Waals surface area contributed by atoms with Crippen molar-refractivity contribution in [2.45, 2.75) is 4.90 Å². The Balaban J connectivity index is 2.30. The van der Waals surface area contributed by atoms with E-state index in [-0.39, 0.29) is 11.4 Å². The first-order valence-corrected chi connectivity index (χ1v) is 6.95. The van der Waals surface area contributed by atoms with Crippen LogP contribution in [0.5, 0.6) is 0 Å². The van der Waals surface area contributed by atoms with Crippen molar-refractivity contribution in [2.24, 2.45) is 0 Å². The molecule has 2 N–H and O–H groups in total. The molecule has 0 spiro atoms. The number of hydrogen-bond acceptors (Lipinski definition) is 4. The number of nitrogens with zero attached hydrogens (tertiary/aromatic N) is 1. The number of aromatic carboxylic acids is 1. The fourth-order valence-electron chi connectivity index (χ4n) is 1.48. The van der Waals surface area contributed by atoms with Crippen LogP contribution in [0.3, 0.4) is 0 Å². The molecule has 1 aromatic carbocycles. The number of carboxylic acid groups (broad SMARTS) is 1. The summed E-state index contributed by atoms with van der Waals surface area (Å²) in [6.07, 6.45) is 0.975. The summed E-state index contributed by atoms with van der Waals surface area (Å²) >= 11 is 0. The van der Waals surface area contributed by atoms with Crippen LogP contribution in [-0.2, 0) is 10.0 Å². The van der Waals surface area contributed by atoms with Crippen LogP contribution in [0.2, 0.25) is 0 Å². The van der Waals surface area contributed by atoms with E-state index in [9.17, 15) is 22.0 Å². The van der Waals surface area contributed by atoms with E-state index >= 15 is 0 Å². The molecule has 1 heterocycles. The summed E-state index contributed by atoms with van der Waals surface area (Å²) in [5, 5.41) is 8.66. The molecule has 0 aliphatic heterocycles. The Morgan fingerprint density at radius 1 is 1.19 bits per heavy atom. The highest BCUT2D eigenvalue weighted by Gasteiger charge is 2.20. The summed E-state index contributed by atoms with van der Waals surface area (Å²) in [4.78, 5) is 13.4. The van der Waals surface area contributed by atoms with Gasteiger partial charge in [-0.25, -0.2) is 27.0 Å². The lowest BCUT2D eigenvalue weighted by Gasteiger charge is -2.08. The number of rotatable bonds is 4. The van der Waals surface area contributed by atoms with Gasteiger partial charge in [-0.15, -0.1) is 0 Å². The second kappa shape index (κ2) is 5.44. The standard InChI is InChI=1S/C12H8F2N2O4S/c13-7-1-4-11(9(14)5-7)21(19,20)16-8-2-3-10(12(17)18)15-6-8/h1-6,16H,(H,17,18). The minimum atomic E-state index is -4.27. The number of carboxylic acids is 1. The molecule has 110 valence electrons. The van der Waals surface area contributed by atoms with Gasteiger partial charge in [0.2, 0.25) is 0 Å². The number of hydrogen-bond donors (Lipinski definition) is 2. The molecule has 0 aliphatic rings. The van der Waals surface area contributed by atoms with Crippen LogP contribution in [0.15, 0.2) is 41.4 Å². The van der Waals surface area contributed by atoms with E-state index in [2.05, 4.69) is 4.98 Å². The third-order valence-electron chi connectivity index (χ3n) is 2.42. The summed E-state index contributed by atoms with van der Waals surface area (Å²) in [5.41, 5.74) is -0.324. The van der Waals surface area contributed by atoms with Crippen molar-refractivity contribution in [1.29, 1.82) is 0 Å². The molecule has 0 aliphatic carbocycles. The van der Waals surface area contributed by atoms with Gasteiger partial charge in [0.15, 0.2) is 0 Å². The predicted octanol–water partition coefficient (Wildman–Crippen LogP) is 1.86. The van der Waals surface area contributed by atoms with Crippen molar-refractivity contribution in [2.75, 3.05) is 4.72 Å². The highest BCUT2D eigenvalue weighted by atomic mass is 32.2. The molecular weight excluding hydrogens is 306 g/mol.